The highest BCUT2D eigenvalue weighted by Gasteiger charge is 2.04. The van der Waals surface area contributed by atoms with E-state index in [-0.39, 0.29) is 11.7 Å². The van der Waals surface area contributed by atoms with Crippen LogP contribution in [0, 0.1) is 0 Å². The first-order chi connectivity index (χ1) is 9.08. The van der Waals surface area contributed by atoms with Gasteiger partial charge in [-0.05, 0) is 25.5 Å². The lowest BCUT2D eigenvalue weighted by molar-refractivity contribution is -0.137. The number of allylic oxidation sites excluding steroid dienone is 2. The Balaban J connectivity index is 2.84. The summed E-state index contributed by atoms with van der Waals surface area (Å²) in [6.07, 6.45) is 4.84. The van der Waals surface area contributed by atoms with E-state index in [1.807, 2.05) is 0 Å². The second-order valence-electron chi connectivity index (χ2n) is 3.87. The lowest BCUT2D eigenvalue weighted by Gasteiger charge is -2.05. The van der Waals surface area contributed by atoms with Gasteiger partial charge in [-0.15, -0.1) is 0 Å². The summed E-state index contributed by atoms with van der Waals surface area (Å²) in [5.74, 6) is 0.110. The number of rotatable bonds is 5. The molecule has 0 aliphatic heterocycles. The van der Waals surface area contributed by atoms with Crippen LogP contribution in [0.25, 0.3) is 6.08 Å². The number of phenolic OH excluding ortho intramolecular Hbond substituents is 1. The van der Waals surface area contributed by atoms with Gasteiger partial charge >= 0.3 is 5.97 Å². The van der Waals surface area contributed by atoms with Crippen molar-refractivity contribution in [2.24, 2.45) is 0 Å². The van der Waals surface area contributed by atoms with Crippen LogP contribution in [0.4, 0.5) is 0 Å². The number of hydrogen-bond acceptors (Lipinski definition) is 4. The molecule has 0 saturated heterocycles. The van der Waals surface area contributed by atoms with E-state index >= 15 is 0 Å². The van der Waals surface area contributed by atoms with Crippen molar-refractivity contribution in [2.75, 3.05) is 13.7 Å². The second-order valence-corrected chi connectivity index (χ2v) is 3.87. The van der Waals surface area contributed by atoms with Crippen molar-refractivity contribution < 1.29 is 19.4 Å². The SMILES string of the molecule is CCOC(=O)/C=C(C)\C=C\c1cccc(OC)c1O. The van der Waals surface area contributed by atoms with Crippen LogP contribution in [0.1, 0.15) is 19.4 Å². The Morgan fingerprint density at radius 2 is 2.16 bits per heavy atom. The molecule has 0 heterocycles. The van der Waals surface area contributed by atoms with E-state index in [9.17, 15) is 9.90 Å². The lowest BCUT2D eigenvalue weighted by atomic mass is 10.1. The van der Waals surface area contributed by atoms with Crippen LogP contribution >= 0.6 is 0 Å². The number of carbonyl (C=O) groups excluding carboxylic acids is 1. The van der Waals surface area contributed by atoms with E-state index in [4.69, 9.17) is 9.47 Å². The zero-order valence-electron chi connectivity index (χ0n) is 11.3. The Bertz CT molecular complexity index is 501. The molecule has 0 aromatic heterocycles. The molecule has 0 unspecified atom stereocenters. The Kier molecular flexibility index (Phi) is 5.67. The zero-order valence-corrected chi connectivity index (χ0v) is 11.3. The molecule has 1 aromatic rings. The average Bonchev–Trinajstić information content (AvgIpc) is 2.37. The minimum Gasteiger partial charge on any atom is -0.504 e. The quantitative estimate of drug-likeness (QED) is 0.503. The highest BCUT2D eigenvalue weighted by Crippen LogP contribution is 2.30. The van der Waals surface area contributed by atoms with Gasteiger partial charge in [0.1, 0.15) is 0 Å². The van der Waals surface area contributed by atoms with Gasteiger partial charge in [0.25, 0.3) is 0 Å². The highest BCUT2D eigenvalue weighted by atomic mass is 16.5. The minimum atomic E-state index is -0.375. The molecule has 1 aromatic carbocycles. The smallest absolute Gasteiger partial charge is 0.330 e. The van der Waals surface area contributed by atoms with Gasteiger partial charge in [0.05, 0.1) is 13.7 Å². The molecule has 1 rings (SSSR count). The molecule has 0 amide bonds. The summed E-state index contributed by atoms with van der Waals surface area (Å²) in [5.41, 5.74) is 1.36. The van der Waals surface area contributed by atoms with Gasteiger partial charge in [-0.2, -0.15) is 0 Å². The topological polar surface area (TPSA) is 55.8 Å². The maximum absolute atomic E-state index is 11.2. The fraction of sp³-hybridized carbons (Fsp3) is 0.267. The predicted octanol–water partition coefficient (Wildman–Crippen LogP) is 2.92. The molecule has 0 fully saturated rings. The third kappa shape index (κ3) is 4.50. The van der Waals surface area contributed by atoms with Crippen molar-refractivity contribution in [1.82, 2.24) is 0 Å². The van der Waals surface area contributed by atoms with E-state index in [1.54, 1.807) is 44.2 Å². The maximum atomic E-state index is 11.2. The van der Waals surface area contributed by atoms with Crippen molar-refractivity contribution in [2.45, 2.75) is 13.8 Å². The normalized spacial score (nSPS) is 11.6. The summed E-state index contributed by atoms with van der Waals surface area (Å²) in [6.45, 7) is 3.89. The molecule has 0 bridgehead atoms. The van der Waals surface area contributed by atoms with Crippen LogP contribution in [-0.2, 0) is 9.53 Å². The summed E-state index contributed by atoms with van der Waals surface area (Å²) in [5, 5.41) is 9.88. The standard InChI is InChI=1S/C15H18O4/c1-4-19-14(16)10-11(2)8-9-12-6-5-7-13(18-3)15(12)17/h5-10,17H,4H2,1-3H3/b9-8+,11-10-. The predicted molar refractivity (Wildman–Crippen MR) is 74.1 cm³/mol. The Labute approximate surface area is 113 Å². The van der Waals surface area contributed by atoms with Gasteiger partial charge in [-0.1, -0.05) is 24.3 Å². The molecule has 4 nitrogen and oxygen atoms in total. The molecular formula is C15H18O4. The average molecular weight is 262 g/mol. The van der Waals surface area contributed by atoms with Gasteiger partial charge in [0, 0.05) is 11.6 Å². The summed E-state index contributed by atoms with van der Waals surface area (Å²) < 4.78 is 9.82. The number of hydrogen-bond donors (Lipinski definition) is 1. The van der Waals surface area contributed by atoms with E-state index in [2.05, 4.69) is 0 Å². The zero-order chi connectivity index (χ0) is 14.3. The van der Waals surface area contributed by atoms with Crippen LogP contribution in [0.15, 0.2) is 35.9 Å². The number of para-hydroxylation sites is 1. The highest BCUT2D eigenvalue weighted by molar-refractivity contribution is 5.83. The van der Waals surface area contributed by atoms with Crippen LogP contribution < -0.4 is 4.74 Å². The number of carbonyl (C=O) groups is 1. The number of benzene rings is 1. The Morgan fingerprint density at radius 1 is 1.42 bits per heavy atom. The van der Waals surface area contributed by atoms with Gasteiger partial charge in [0.2, 0.25) is 0 Å². The number of esters is 1. The van der Waals surface area contributed by atoms with Crippen molar-refractivity contribution in [3.8, 4) is 11.5 Å². The van der Waals surface area contributed by atoms with Crippen LogP contribution in [-0.4, -0.2) is 24.8 Å². The van der Waals surface area contributed by atoms with Gasteiger partial charge in [-0.25, -0.2) is 4.79 Å². The Hall–Kier alpha value is -2.23. The summed E-state index contributed by atoms with van der Waals surface area (Å²) >= 11 is 0. The summed E-state index contributed by atoms with van der Waals surface area (Å²) in [4.78, 5) is 11.2. The van der Waals surface area contributed by atoms with E-state index in [0.29, 0.717) is 17.9 Å². The largest absolute Gasteiger partial charge is 0.504 e. The van der Waals surface area contributed by atoms with Crippen molar-refractivity contribution in [3.63, 3.8) is 0 Å². The fourth-order valence-electron chi connectivity index (χ4n) is 1.48. The first-order valence-corrected chi connectivity index (χ1v) is 5.97. The van der Waals surface area contributed by atoms with E-state index < -0.39 is 0 Å². The molecule has 0 spiro atoms. The molecule has 19 heavy (non-hydrogen) atoms. The van der Waals surface area contributed by atoms with Gasteiger partial charge in [0.15, 0.2) is 11.5 Å². The van der Waals surface area contributed by atoms with E-state index in [0.717, 1.165) is 5.57 Å². The van der Waals surface area contributed by atoms with E-state index in [1.165, 1.54) is 13.2 Å². The van der Waals surface area contributed by atoms with Crippen molar-refractivity contribution in [3.05, 3.63) is 41.5 Å². The van der Waals surface area contributed by atoms with Crippen LogP contribution in [0.3, 0.4) is 0 Å². The van der Waals surface area contributed by atoms with Crippen molar-refractivity contribution in [1.29, 1.82) is 0 Å². The lowest BCUT2D eigenvalue weighted by Crippen LogP contribution is -1.99. The maximum Gasteiger partial charge on any atom is 0.330 e. The molecule has 0 saturated carbocycles. The molecule has 0 radical (unpaired) electrons. The Morgan fingerprint density at radius 3 is 2.79 bits per heavy atom. The number of phenols is 1. The summed E-state index contributed by atoms with van der Waals surface area (Å²) in [7, 11) is 1.49. The second kappa shape index (κ2) is 7.26. The summed E-state index contributed by atoms with van der Waals surface area (Å²) in [6, 6.07) is 5.21. The molecular weight excluding hydrogens is 244 g/mol. The van der Waals surface area contributed by atoms with Crippen LogP contribution in [0.2, 0.25) is 0 Å². The number of aromatic hydroxyl groups is 1. The third-order valence-corrected chi connectivity index (χ3v) is 2.41. The first kappa shape index (κ1) is 14.8. The minimum absolute atomic E-state index is 0.0742. The molecule has 4 heteroatoms. The monoisotopic (exact) mass is 262 g/mol. The van der Waals surface area contributed by atoms with Gasteiger partial charge < -0.3 is 14.6 Å². The fourth-order valence-corrected chi connectivity index (χ4v) is 1.48. The number of methoxy groups -OCH3 is 1. The molecule has 0 aliphatic carbocycles. The molecule has 0 atom stereocenters. The molecule has 0 aliphatic rings. The van der Waals surface area contributed by atoms with Crippen LogP contribution in [0.5, 0.6) is 11.5 Å². The third-order valence-electron chi connectivity index (χ3n) is 2.41. The van der Waals surface area contributed by atoms with Crippen molar-refractivity contribution >= 4 is 12.0 Å². The number of ether oxygens (including phenoxy) is 2. The first-order valence-electron chi connectivity index (χ1n) is 5.97. The van der Waals surface area contributed by atoms with Gasteiger partial charge in [-0.3, -0.25) is 0 Å². The molecule has 1 N–H and O–H groups in total. The molecule has 102 valence electrons.